The summed E-state index contributed by atoms with van der Waals surface area (Å²) in [5, 5.41) is 13.0. The molecule has 2 amide bonds. The molecule has 0 spiro atoms. The Morgan fingerprint density at radius 2 is 1.71 bits per heavy atom. The number of nitrogen functional groups attached to an aromatic ring is 1. The minimum atomic E-state index is -0.331. The molecule has 0 unspecified atom stereocenters. The average molecular weight is 282 g/mol. The van der Waals surface area contributed by atoms with Crippen molar-refractivity contribution in [2.24, 2.45) is 5.73 Å². The van der Waals surface area contributed by atoms with Crippen LogP contribution in [0.5, 0.6) is 0 Å². The van der Waals surface area contributed by atoms with Crippen molar-refractivity contribution in [3.8, 4) is 0 Å². The second-order valence-electron chi connectivity index (χ2n) is 4.89. The first-order valence-corrected chi connectivity index (χ1v) is 6.55. The molecule has 5 heteroatoms. The average Bonchev–Trinajstić information content (AvgIpc) is 2.43. The van der Waals surface area contributed by atoms with Crippen LogP contribution < -0.4 is 16.4 Å². The molecule has 5 N–H and O–H groups in total. The van der Waals surface area contributed by atoms with E-state index in [0.717, 1.165) is 16.8 Å². The lowest BCUT2D eigenvalue weighted by atomic mass is 10.1. The van der Waals surface area contributed by atoms with Crippen LogP contribution in [-0.4, -0.2) is 11.9 Å². The summed E-state index contributed by atoms with van der Waals surface area (Å²) in [5.74, 6) is -0.0306. The monoisotopic (exact) mass is 282 g/mol. The molecule has 2 aromatic rings. The first-order chi connectivity index (χ1) is 9.95. The van der Waals surface area contributed by atoms with Crippen molar-refractivity contribution in [1.82, 2.24) is 0 Å². The fourth-order valence-corrected chi connectivity index (χ4v) is 1.85. The second-order valence-corrected chi connectivity index (χ2v) is 4.89. The van der Waals surface area contributed by atoms with Crippen LogP contribution in [-0.2, 0) is 0 Å². The molecular formula is C16H18N4O. The van der Waals surface area contributed by atoms with E-state index in [2.05, 4.69) is 10.6 Å². The van der Waals surface area contributed by atoms with Gasteiger partial charge < -0.3 is 16.4 Å². The van der Waals surface area contributed by atoms with Gasteiger partial charge in [-0.2, -0.15) is 0 Å². The topological polar surface area (TPSA) is 91.0 Å². The van der Waals surface area contributed by atoms with Crippen molar-refractivity contribution in [2.45, 2.75) is 13.8 Å². The van der Waals surface area contributed by atoms with E-state index in [0.29, 0.717) is 11.3 Å². The number of carbonyl (C=O) groups is 1. The number of nitrogens with one attached hydrogen (secondary N) is 3. The van der Waals surface area contributed by atoms with E-state index >= 15 is 0 Å². The number of rotatable bonds is 3. The molecule has 0 fully saturated rings. The molecule has 0 aliphatic rings. The third-order valence-corrected chi connectivity index (χ3v) is 3.11. The molecule has 21 heavy (non-hydrogen) atoms. The van der Waals surface area contributed by atoms with E-state index in [1.165, 1.54) is 0 Å². The number of amides is 2. The van der Waals surface area contributed by atoms with E-state index in [1.807, 2.05) is 44.2 Å². The van der Waals surface area contributed by atoms with Gasteiger partial charge in [0, 0.05) is 16.9 Å². The zero-order valence-corrected chi connectivity index (χ0v) is 12.0. The van der Waals surface area contributed by atoms with Crippen molar-refractivity contribution >= 4 is 23.2 Å². The molecule has 0 aliphatic heterocycles. The zero-order valence-electron chi connectivity index (χ0n) is 12.0. The van der Waals surface area contributed by atoms with Crippen molar-refractivity contribution in [3.05, 3.63) is 59.2 Å². The summed E-state index contributed by atoms with van der Waals surface area (Å²) in [4.78, 5) is 12.0. The molecule has 0 aliphatic carbocycles. The number of hydrogen-bond acceptors (Lipinski definition) is 2. The van der Waals surface area contributed by atoms with Crippen LogP contribution in [0.4, 0.5) is 16.2 Å². The van der Waals surface area contributed by atoms with Crippen LogP contribution in [0.25, 0.3) is 0 Å². The van der Waals surface area contributed by atoms with E-state index in [4.69, 9.17) is 11.1 Å². The zero-order chi connectivity index (χ0) is 15.4. The maximum absolute atomic E-state index is 12.0. The van der Waals surface area contributed by atoms with Gasteiger partial charge in [0.2, 0.25) is 0 Å². The molecule has 2 rings (SSSR count). The fraction of sp³-hybridized carbons (Fsp3) is 0.125. The predicted molar refractivity (Wildman–Crippen MR) is 86.0 cm³/mol. The number of urea groups is 1. The Balaban J connectivity index is 2.10. The van der Waals surface area contributed by atoms with Gasteiger partial charge in [-0.25, -0.2) is 4.79 Å². The van der Waals surface area contributed by atoms with Gasteiger partial charge in [0.1, 0.15) is 5.84 Å². The lowest BCUT2D eigenvalue weighted by molar-refractivity contribution is 0.262. The van der Waals surface area contributed by atoms with E-state index < -0.39 is 0 Å². The van der Waals surface area contributed by atoms with Gasteiger partial charge in [-0.05, 0) is 37.6 Å². The molecule has 0 radical (unpaired) electrons. The lowest BCUT2D eigenvalue weighted by Gasteiger charge is -2.11. The first-order valence-electron chi connectivity index (χ1n) is 6.55. The molecule has 5 nitrogen and oxygen atoms in total. The molecule has 0 saturated carbocycles. The smallest absolute Gasteiger partial charge is 0.323 e. The summed E-state index contributed by atoms with van der Waals surface area (Å²) in [6.45, 7) is 3.87. The van der Waals surface area contributed by atoms with Crippen LogP contribution in [0, 0.1) is 19.3 Å². The first kappa shape index (κ1) is 14.6. The third kappa shape index (κ3) is 3.82. The van der Waals surface area contributed by atoms with Crippen LogP contribution >= 0.6 is 0 Å². The Bertz CT molecular complexity index is 677. The van der Waals surface area contributed by atoms with Gasteiger partial charge in [0.15, 0.2) is 0 Å². The van der Waals surface area contributed by atoms with Gasteiger partial charge in [0.25, 0.3) is 0 Å². The number of benzene rings is 2. The molecular weight excluding hydrogens is 264 g/mol. The summed E-state index contributed by atoms with van der Waals surface area (Å²) < 4.78 is 0. The minimum absolute atomic E-state index is 0.0306. The number of hydrogen-bond donors (Lipinski definition) is 4. The van der Waals surface area contributed by atoms with Gasteiger partial charge >= 0.3 is 6.03 Å². The van der Waals surface area contributed by atoms with Crippen LogP contribution in [0.3, 0.4) is 0 Å². The number of aryl methyl sites for hydroxylation is 2. The van der Waals surface area contributed by atoms with Crippen LogP contribution in [0.2, 0.25) is 0 Å². The Labute approximate surface area is 123 Å². The van der Waals surface area contributed by atoms with E-state index in [1.54, 1.807) is 12.1 Å². The predicted octanol–water partition coefficient (Wildman–Crippen LogP) is 3.23. The van der Waals surface area contributed by atoms with Crippen molar-refractivity contribution in [2.75, 3.05) is 10.6 Å². The van der Waals surface area contributed by atoms with Gasteiger partial charge in [-0.3, -0.25) is 5.41 Å². The largest absolute Gasteiger partial charge is 0.384 e. The number of nitrogens with two attached hydrogens (primary N) is 1. The molecule has 108 valence electrons. The Kier molecular flexibility index (Phi) is 4.23. The highest BCUT2D eigenvalue weighted by Gasteiger charge is 2.07. The number of carbonyl (C=O) groups excluding carboxylic acids is 1. The lowest BCUT2D eigenvalue weighted by Crippen LogP contribution is -2.20. The van der Waals surface area contributed by atoms with Gasteiger partial charge in [0.05, 0.1) is 0 Å². The normalized spacial score (nSPS) is 10.0. The highest BCUT2D eigenvalue weighted by atomic mass is 16.2. The highest BCUT2D eigenvalue weighted by Crippen LogP contribution is 2.17. The van der Waals surface area contributed by atoms with Crippen molar-refractivity contribution in [3.63, 3.8) is 0 Å². The molecule has 0 saturated heterocycles. The molecule has 2 aromatic carbocycles. The summed E-state index contributed by atoms with van der Waals surface area (Å²) in [5.41, 5.74) is 9.42. The van der Waals surface area contributed by atoms with E-state index in [9.17, 15) is 4.79 Å². The molecule has 0 atom stereocenters. The quantitative estimate of drug-likeness (QED) is 0.514. The second kappa shape index (κ2) is 6.09. The summed E-state index contributed by atoms with van der Waals surface area (Å²) in [7, 11) is 0. The minimum Gasteiger partial charge on any atom is -0.384 e. The summed E-state index contributed by atoms with van der Waals surface area (Å²) in [6, 6.07) is 12.5. The Hall–Kier alpha value is -2.82. The summed E-state index contributed by atoms with van der Waals surface area (Å²) in [6.07, 6.45) is 0. The van der Waals surface area contributed by atoms with Gasteiger partial charge in [-0.1, -0.05) is 29.8 Å². The molecule has 0 bridgehead atoms. The third-order valence-electron chi connectivity index (χ3n) is 3.11. The molecule has 0 heterocycles. The standard InChI is InChI=1S/C16H18N4O/c1-10-3-7-13(8-4-10)19-16(21)20-14-9-12(15(17)18)6-5-11(14)2/h3-9H,1-2H3,(H3,17,18)(H2,19,20,21). The fourth-order valence-electron chi connectivity index (χ4n) is 1.85. The maximum Gasteiger partial charge on any atom is 0.323 e. The highest BCUT2D eigenvalue weighted by molar-refractivity contribution is 6.02. The van der Waals surface area contributed by atoms with E-state index in [-0.39, 0.29) is 11.9 Å². The van der Waals surface area contributed by atoms with Crippen LogP contribution in [0.15, 0.2) is 42.5 Å². The summed E-state index contributed by atoms with van der Waals surface area (Å²) >= 11 is 0. The Morgan fingerprint density at radius 1 is 1.05 bits per heavy atom. The van der Waals surface area contributed by atoms with Crippen LogP contribution in [0.1, 0.15) is 16.7 Å². The Morgan fingerprint density at radius 3 is 2.33 bits per heavy atom. The number of anilines is 2. The SMILES string of the molecule is Cc1ccc(NC(=O)Nc2cc(C(=N)N)ccc2C)cc1. The maximum atomic E-state index is 12.0. The molecule has 0 aromatic heterocycles. The van der Waals surface area contributed by atoms with Gasteiger partial charge in [-0.15, -0.1) is 0 Å². The number of amidine groups is 1. The van der Waals surface area contributed by atoms with Crippen molar-refractivity contribution in [1.29, 1.82) is 5.41 Å². The van der Waals surface area contributed by atoms with Crippen molar-refractivity contribution < 1.29 is 4.79 Å².